The van der Waals surface area contributed by atoms with Gasteiger partial charge in [-0.2, -0.15) is 0 Å². The van der Waals surface area contributed by atoms with Crippen LogP contribution in [0.25, 0.3) is 0 Å². The zero-order chi connectivity index (χ0) is 15.1. The number of aromatic carboxylic acids is 1. The lowest BCUT2D eigenvalue weighted by Crippen LogP contribution is -2.05. The molecule has 1 N–H and O–H groups in total. The first kappa shape index (κ1) is 14.9. The first-order chi connectivity index (χ1) is 10.2. The van der Waals surface area contributed by atoms with Crippen LogP contribution in [0.2, 0.25) is 0 Å². The SMILES string of the molecule is COc1cc(C(=O)O)ccc1OCOCc1ccccc1. The van der Waals surface area contributed by atoms with Crippen molar-refractivity contribution >= 4 is 5.97 Å². The smallest absolute Gasteiger partial charge is 0.335 e. The van der Waals surface area contributed by atoms with Gasteiger partial charge < -0.3 is 19.3 Å². The highest BCUT2D eigenvalue weighted by atomic mass is 16.7. The minimum Gasteiger partial charge on any atom is -0.493 e. The highest BCUT2D eigenvalue weighted by Crippen LogP contribution is 2.28. The van der Waals surface area contributed by atoms with Gasteiger partial charge in [-0.05, 0) is 23.8 Å². The van der Waals surface area contributed by atoms with Crippen LogP contribution in [-0.2, 0) is 11.3 Å². The fraction of sp³-hybridized carbons (Fsp3) is 0.188. The predicted molar refractivity (Wildman–Crippen MR) is 76.7 cm³/mol. The molecule has 0 radical (unpaired) electrons. The standard InChI is InChI=1S/C16H16O5/c1-19-15-9-13(16(17)18)7-8-14(15)21-11-20-10-12-5-3-2-4-6-12/h2-9H,10-11H2,1H3,(H,17,18). The van der Waals surface area contributed by atoms with E-state index >= 15 is 0 Å². The van der Waals surface area contributed by atoms with Crippen molar-refractivity contribution in [2.24, 2.45) is 0 Å². The molecule has 2 rings (SSSR count). The Morgan fingerprint density at radius 3 is 2.52 bits per heavy atom. The number of hydrogen-bond acceptors (Lipinski definition) is 4. The summed E-state index contributed by atoms with van der Waals surface area (Å²) in [5.74, 6) is -0.214. The van der Waals surface area contributed by atoms with Crippen molar-refractivity contribution in [1.82, 2.24) is 0 Å². The average Bonchev–Trinajstić information content (AvgIpc) is 2.52. The van der Waals surface area contributed by atoms with E-state index in [1.54, 1.807) is 6.07 Å². The summed E-state index contributed by atoms with van der Waals surface area (Å²) < 4.78 is 16.0. The van der Waals surface area contributed by atoms with Gasteiger partial charge in [-0.3, -0.25) is 0 Å². The van der Waals surface area contributed by atoms with Crippen LogP contribution in [0.4, 0.5) is 0 Å². The highest BCUT2D eigenvalue weighted by Gasteiger charge is 2.09. The number of ether oxygens (including phenoxy) is 3. The number of carbonyl (C=O) groups is 1. The van der Waals surface area contributed by atoms with Crippen LogP contribution in [-0.4, -0.2) is 25.0 Å². The molecule has 0 aliphatic heterocycles. The van der Waals surface area contributed by atoms with Gasteiger partial charge in [0, 0.05) is 0 Å². The number of carboxylic acids is 1. The first-order valence-electron chi connectivity index (χ1n) is 6.36. The first-order valence-corrected chi connectivity index (χ1v) is 6.36. The molecule has 5 nitrogen and oxygen atoms in total. The normalized spacial score (nSPS) is 10.1. The maximum Gasteiger partial charge on any atom is 0.335 e. The predicted octanol–water partition coefficient (Wildman–Crippen LogP) is 2.95. The summed E-state index contributed by atoms with van der Waals surface area (Å²) in [7, 11) is 1.46. The third-order valence-corrected chi connectivity index (χ3v) is 2.82. The van der Waals surface area contributed by atoms with Gasteiger partial charge in [0.15, 0.2) is 18.3 Å². The highest BCUT2D eigenvalue weighted by molar-refractivity contribution is 5.88. The number of benzene rings is 2. The molecular weight excluding hydrogens is 272 g/mol. The van der Waals surface area contributed by atoms with Crippen molar-refractivity contribution < 1.29 is 24.1 Å². The molecule has 5 heteroatoms. The van der Waals surface area contributed by atoms with Gasteiger partial charge in [0.2, 0.25) is 0 Å². The minimum absolute atomic E-state index is 0.0532. The number of rotatable bonds is 7. The van der Waals surface area contributed by atoms with Crippen LogP contribution < -0.4 is 9.47 Å². The Hall–Kier alpha value is -2.53. The van der Waals surface area contributed by atoms with Crippen LogP contribution in [0.3, 0.4) is 0 Å². The fourth-order valence-corrected chi connectivity index (χ4v) is 1.76. The largest absolute Gasteiger partial charge is 0.493 e. The minimum atomic E-state index is -1.01. The number of hydrogen-bond donors (Lipinski definition) is 1. The summed E-state index contributed by atoms with van der Waals surface area (Å²) >= 11 is 0. The molecule has 0 heterocycles. The molecule has 0 aromatic heterocycles. The number of carboxylic acid groups (broad SMARTS) is 1. The molecule has 0 fully saturated rings. The van der Waals surface area contributed by atoms with Gasteiger partial charge >= 0.3 is 5.97 Å². The molecule has 2 aromatic rings. The molecule has 0 bridgehead atoms. The monoisotopic (exact) mass is 288 g/mol. The second-order valence-corrected chi connectivity index (χ2v) is 4.27. The third-order valence-electron chi connectivity index (χ3n) is 2.82. The second kappa shape index (κ2) is 7.31. The van der Waals surface area contributed by atoms with Gasteiger partial charge in [-0.25, -0.2) is 4.79 Å². The Bertz CT molecular complexity index is 595. The van der Waals surface area contributed by atoms with E-state index in [0.29, 0.717) is 18.1 Å². The third kappa shape index (κ3) is 4.22. The van der Waals surface area contributed by atoms with Crippen LogP contribution in [0.5, 0.6) is 11.5 Å². The van der Waals surface area contributed by atoms with Crippen molar-refractivity contribution in [2.45, 2.75) is 6.61 Å². The Labute approximate surface area is 122 Å². The summed E-state index contributed by atoms with van der Waals surface area (Å²) in [6.07, 6.45) is 0. The molecule has 0 amide bonds. The molecule has 0 aliphatic carbocycles. The van der Waals surface area contributed by atoms with Crippen molar-refractivity contribution in [3.05, 3.63) is 59.7 Å². The lowest BCUT2D eigenvalue weighted by atomic mass is 10.2. The molecule has 0 unspecified atom stereocenters. The zero-order valence-corrected chi connectivity index (χ0v) is 11.6. The summed E-state index contributed by atoms with van der Waals surface area (Å²) in [6.45, 7) is 0.494. The lowest BCUT2D eigenvalue weighted by Gasteiger charge is -2.11. The molecule has 110 valence electrons. The zero-order valence-electron chi connectivity index (χ0n) is 11.6. The van der Waals surface area contributed by atoms with Gasteiger partial charge in [-0.1, -0.05) is 30.3 Å². The molecule has 0 saturated carbocycles. The quantitative estimate of drug-likeness (QED) is 0.627. The van der Waals surface area contributed by atoms with E-state index in [9.17, 15) is 4.79 Å². The van der Waals surface area contributed by atoms with Gasteiger partial charge in [0.05, 0.1) is 19.3 Å². The fourth-order valence-electron chi connectivity index (χ4n) is 1.76. The average molecular weight is 288 g/mol. The number of methoxy groups -OCH3 is 1. The van der Waals surface area contributed by atoms with E-state index in [1.165, 1.54) is 19.2 Å². The summed E-state index contributed by atoms with van der Waals surface area (Å²) in [5.41, 5.74) is 1.19. The molecule has 0 saturated heterocycles. The summed E-state index contributed by atoms with van der Waals surface area (Å²) in [4.78, 5) is 10.9. The van der Waals surface area contributed by atoms with E-state index in [1.807, 2.05) is 30.3 Å². The van der Waals surface area contributed by atoms with Gasteiger partial charge in [0.1, 0.15) is 0 Å². The Balaban J connectivity index is 1.89. The van der Waals surface area contributed by atoms with Crippen molar-refractivity contribution in [3.8, 4) is 11.5 Å². The second-order valence-electron chi connectivity index (χ2n) is 4.27. The van der Waals surface area contributed by atoms with E-state index < -0.39 is 5.97 Å². The van der Waals surface area contributed by atoms with Crippen LogP contribution in [0.1, 0.15) is 15.9 Å². The molecule has 21 heavy (non-hydrogen) atoms. The lowest BCUT2D eigenvalue weighted by molar-refractivity contribution is 0.00375. The Morgan fingerprint density at radius 2 is 1.86 bits per heavy atom. The molecule has 0 atom stereocenters. The van der Waals surface area contributed by atoms with Gasteiger partial charge in [0.25, 0.3) is 0 Å². The Kier molecular flexibility index (Phi) is 5.17. The molecular formula is C16H16O5. The maximum atomic E-state index is 10.9. The van der Waals surface area contributed by atoms with Gasteiger partial charge in [-0.15, -0.1) is 0 Å². The summed E-state index contributed by atoms with van der Waals surface area (Å²) in [6, 6.07) is 14.2. The topological polar surface area (TPSA) is 65.0 Å². The van der Waals surface area contributed by atoms with Crippen molar-refractivity contribution in [1.29, 1.82) is 0 Å². The van der Waals surface area contributed by atoms with E-state index in [4.69, 9.17) is 19.3 Å². The van der Waals surface area contributed by atoms with E-state index in [0.717, 1.165) is 5.56 Å². The molecule has 0 aliphatic rings. The molecule has 0 spiro atoms. The maximum absolute atomic E-state index is 10.9. The van der Waals surface area contributed by atoms with Crippen LogP contribution in [0.15, 0.2) is 48.5 Å². The van der Waals surface area contributed by atoms with Crippen molar-refractivity contribution in [2.75, 3.05) is 13.9 Å². The van der Waals surface area contributed by atoms with Crippen LogP contribution >= 0.6 is 0 Å². The summed E-state index contributed by atoms with van der Waals surface area (Å²) in [5, 5.41) is 8.91. The Morgan fingerprint density at radius 1 is 1.10 bits per heavy atom. The molecule has 2 aromatic carbocycles. The van der Waals surface area contributed by atoms with E-state index in [-0.39, 0.29) is 12.4 Å². The van der Waals surface area contributed by atoms with Crippen molar-refractivity contribution in [3.63, 3.8) is 0 Å². The van der Waals surface area contributed by atoms with E-state index in [2.05, 4.69) is 0 Å². The van der Waals surface area contributed by atoms with Crippen LogP contribution in [0, 0.1) is 0 Å².